The quantitative estimate of drug-likeness (QED) is 0.417. The molecule has 4 rings (SSSR count). The van der Waals surface area contributed by atoms with E-state index in [0.29, 0.717) is 24.0 Å². The van der Waals surface area contributed by atoms with E-state index in [1.807, 2.05) is 29.6 Å². The molecule has 0 amide bonds. The molecule has 0 bridgehead atoms. The van der Waals surface area contributed by atoms with Gasteiger partial charge in [0.1, 0.15) is 17.0 Å². The number of pyridine rings is 1. The molecule has 1 N–H and O–H groups in total. The van der Waals surface area contributed by atoms with Crippen LogP contribution in [0, 0.1) is 5.92 Å². The summed E-state index contributed by atoms with van der Waals surface area (Å²) in [4.78, 5) is 16.7. The number of H-pyrrole nitrogens is 1. The molecular formula is C20H20Cl2N4OS. The van der Waals surface area contributed by atoms with E-state index in [0.717, 1.165) is 38.9 Å². The van der Waals surface area contributed by atoms with Gasteiger partial charge in [0.15, 0.2) is 5.82 Å². The fourth-order valence-corrected chi connectivity index (χ4v) is 3.72. The first kappa shape index (κ1) is 20.6. The van der Waals surface area contributed by atoms with E-state index < -0.39 is 0 Å². The molecule has 0 radical (unpaired) electrons. The molecule has 0 fully saturated rings. The second-order valence-corrected chi connectivity index (χ2v) is 8.12. The molecule has 5 nitrogen and oxygen atoms in total. The van der Waals surface area contributed by atoms with Gasteiger partial charge < -0.3 is 9.72 Å². The lowest BCUT2D eigenvalue weighted by Gasteiger charge is -2.13. The Bertz CT molecular complexity index is 1040. The van der Waals surface area contributed by atoms with E-state index in [1.54, 1.807) is 23.7 Å². The Hall–Kier alpha value is -2.15. The molecule has 0 atom stereocenters. The van der Waals surface area contributed by atoms with Gasteiger partial charge >= 0.3 is 0 Å². The van der Waals surface area contributed by atoms with Crippen LogP contribution >= 0.6 is 35.3 Å². The highest BCUT2D eigenvalue weighted by atomic mass is 35.5. The summed E-state index contributed by atoms with van der Waals surface area (Å²) in [5.74, 6) is 2.07. The second-order valence-electron chi connectivity index (χ2n) is 6.74. The minimum Gasteiger partial charge on any atom is -0.493 e. The normalized spacial score (nSPS) is 11.0. The third-order valence-corrected chi connectivity index (χ3v) is 5.10. The number of nitrogens with zero attached hydrogens (tertiary/aromatic N) is 3. The number of imidazole rings is 1. The molecule has 8 heteroatoms. The average Bonchev–Trinajstić information content (AvgIpc) is 3.27. The largest absolute Gasteiger partial charge is 0.493 e. The molecule has 3 heterocycles. The molecule has 4 aromatic rings. The number of benzene rings is 1. The number of hydrogen-bond acceptors (Lipinski definition) is 5. The van der Waals surface area contributed by atoms with Crippen molar-refractivity contribution in [1.29, 1.82) is 0 Å². The zero-order valence-electron chi connectivity index (χ0n) is 15.5. The predicted molar refractivity (Wildman–Crippen MR) is 117 cm³/mol. The monoisotopic (exact) mass is 434 g/mol. The van der Waals surface area contributed by atoms with Crippen LogP contribution in [-0.4, -0.2) is 26.5 Å². The van der Waals surface area contributed by atoms with Gasteiger partial charge in [-0.25, -0.2) is 9.97 Å². The van der Waals surface area contributed by atoms with Crippen LogP contribution in [0.25, 0.3) is 22.6 Å². The zero-order chi connectivity index (χ0) is 18.8. The number of rotatable bonds is 6. The lowest BCUT2D eigenvalue weighted by Crippen LogP contribution is -2.06. The molecule has 0 aliphatic heterocycles. The fourth-order valence-electron chi connectivity index (χ4n) is 2.73. The van der Waals surface area contributed by atoms with Crippen molar-refractivity contribution >= 4 is 46.4 Å². The van der Waals surface area contributed by atoms with E-state index in [-0.39, 0.29) is 12.4 Å². The maximum absolute atomic E-state index is 6.20. The van der Waals surface area contributed by atoms with Crippen molar-refractivity contribution in [3.63, 3.8) is 0 Å². The highest BCUT2D eigenvalue weighted by Gasteiger charge is 2.13. The number of ether oxygens (including phenoxy) is 1. The molecule has 0 spiro atoms. The minimum atomic E-state index is 0. The van der Waals surface area contributed by atoms with Crippen LogP contribution in [-0.2, 0) is 6.42 Å². The van der Waals surface area contributed by atoms with Crippen LogP contribution < -0.4 is 4.74 Å². The minimum absolute atomic E-state index is 0. The van der Waals surface area contributed by atoms with Crippen molar-refractivity contribution in [2.24, 2.45) is 5.92 Å². The van der Waals surface area contributed by atoms with Gasteiger partial charge in [-0.2, -0.15) is 0 Å². The maximum Gasteiger partial charge on any atom is 0.158 e. The van der Waals surface area contributed by atoms with Crippen molar-refractivity contribution in [2.75, 3.05) is 6.61 Å². The highest BCUT2D eigenvalue weighted by molar-refractivity contribution is 7.10. The summed E-state index contributed by atoms with van der Waals surface area (Å²) in [6.45, 7) is 4.93. The smallest absolute Gasteiger partial charge is 0.158 e. The van der Waals surface area contributed by atoms with Crippen LogP contribution in [0.1, 0.15) is 24.4 Å². The van der Waals surface area contributed by atoms with Crippen molar-refractivity contribution < 1.29 is 4.74 Å². The van der Waals surface area contributed by atoms with Crippen LogP contribution in [0.5, 0.6) is 5.75 Å². The van der Waals surface area contributed by atoms with Crippen LogP contribution in [0.2, 0.25) is 5.02 Å². The van der Waals surface area contributed by atoms with Crippen molar-refractivity contribution in [3.05, 3.63) is 57.6 Å². The van der Waals surface area contributed by atoms with Gasteiger partial charge in [-0.05, 0) is 30.2 Å². The Labute approximate surface area is 178 Å². The number of aromatic amines is 1. The van der Waals surface area contributed by atoms with Gasteiger partial charge in [-0.1, -0.05) is 25.4 Å². The maximum atomic E-state index is 6.20. The molecule has 1 aromatic carbocycles. The van der Waals surface area contributed by atoms with Crippen LogP contribution in [0.15, 0.2) is 42.0 Å². The van der Waals surface area contributed by atoms with E-state index in [9.17, 15) is 0 Å². The van der Waals surface area contributed by atoms with Gasteiger partial charge in [0.25, 0.3) is 0 Å². The first-order chi connectivity index (χ1) is 13.1. The van der Waals surface area contributed by atoms with Crippen molar-refractivity contribution in [2.45, 2.75) is 20.3 Å². The van der Waals surface area contributed by atoms with Gasteiger partial charge in [-0.15, -0.1) is 23.7 Å². The number of nitrogens with one attached hydrogen (secondary N) is 1. The van der Waals surface area contributed by atoms with Crippen LogP contribution in [0.4, 0.5) is 0 Å². The molecule has 28 heavy (non-hydrogen) atoms. The molecule has 0 saturated heterocycles. The summed E-state index contributed by atoms with van der Waals surface area (Å²) in [7, 11) is 0. The zero-order valence-corrected chi connectivity index (χ0v) is 17.9. The predicted octanol–water partition coefficient (Wildman–Crippen LogP) is 5.78. The average molecular weight is 435 g/mol. The third-order valence-electron chi connectivity index (χ3n) is 4.02. The Morgan fingerprint density at radius 2 is 2.07 bits per heavy atom. The molecule has 0 aliphatic rings. The van der Waals surface area contributed by atoms with Gasteiger partial charge in [-0.3, -0.25) is 4.98 Å². The number of halogens is 2. The van der Waals surface area contributed by atoms with Crippen LogP contribution in [0.3, 0.4) is 0 Å². The molecular weight excluding hydrogens is 415 g/mol. The van der Waals surface area contributed by atoms with Gasteiger partial charge in [0, 0.05) is 28.6 Å². The van der Waals surface area contributed by atoms with E-state index in [4.69, 9.17) is 21.3 Å². The molecule has 0 unspecified atom stereocenters. The van der Waals surface area contributed by atoms with Gasteiger partial charge in [0.2, 0.25) is 0 Å². The SMILES string of the molecule is CC(C)COc1ccc(Cl)cc1Cc1nc(-c2nc3cnccc3[nH]2)cs1.Cl. The number of fused-ring (bicyclic) bond motifs is 1. The number of aromatic nitrogens is 4. The van der Waals surface area contributed by atoms with E-state index >= 15 is 0 Å². The number of thiazole rings is 1. The Morgan fingerprint density at radius 1 is 1.21 bits per heavy atom. The number of hydrogen-bond donors (Lipinski definition) is 1. The first-order valence-corrected chi connectivity index (χ1v) is 10.00. The topological polar surface area (TPSA) is 63.7 Å². The van der Waals surface area contributed by atoms with Gasteiger partial charge in [0.05, 0.1) is 23.3 Å². The summed E-state index contributed by atoms with van der Waals surface area (Å²) in [5.41, 5.74) is 3.66. The van der Waals surface area contributed by atoms with Crippen molar-refractivity contribution in [1.82, 2.24) is 19.9 Å². The first-order valence-electron chi connectivity index (χ1n) is 8.74. The van der Waals surface area contributed by atoms with E-state index in [2.05, 4.69) is 28.8 Å². The van der Waals surface area contributed by atoms with E-state index in [1.165, 1.54) is 0 Å². The second kappa shape index (κ2) is 8.90. The highest BCUT2D eigenvalue weighted by Crippen LogP contribution is 2.29. The summed E-state index contributed by atoms with van der Waals surface area (Å²) in [5, 5.41) is 3.70. The summed E-state index contributed by atoms with van der Waals surface area (Å²) >= 11 is 7.80. The van der Waals surface area contributed by atoms with Crippen molar-refractivity contribution in [3.8, 4) is 17.3 Å². The molecule has 0 aliphatic carbocycles. The Kier molecular flexibility index (Phi) is 6.54. The summed E-state index contributed by atoms with van der Waals surface area (Å²) < 4.78 is 5.95. The Balaban J connectivity index is 0.00000225. The standard InChI is InChI=1S/C20H19ClN4OS.ClH/c1-12(2)10-26-18-4-3-14(21)7-13(18)8-19-23-17(11-27-19)20-24-15-5-6-22-9-16(15)25-20;/h3-7,9,11-12H,8,10H2,1-2H3,(H,24,25);1H. The molecule has 3 aromatic heterocycles. The Morgan fingerprint density at radius 3 is 2.86 bits per heavy atom. The summed E-state index contributed by atoms with van der Waals surface area (Å²) in [6, 6.07) is 7.64. The molecule has 0 saturated carbocycles. The lowest BCUT2D eigenvalue weighted by molar-refractivity contribution is 0.269. The fraction of sp³-hybridized carbons (Fsp3) is 0.250. The lowest BCUT2D eigenvalue weighted by atomic mass is 10.1. The summed E-state index contributed by atoms with van der Waals surface area (Å²) in [6.07, 6.45) is 4.15. The third kappa shape index (κ3) is 4.63. The molecule has 146 valence electrons.